The van der Waals surface area contributed by atoms with Crippen LogP contribution in [0.5, 0.6) is 17.2 Å². The monoisotopic (exact) mass is 810 g/mol. The van der Waals surface area contributed by atoms with E-state index in [2.05, 4.69) is 59.7 Å². The summed E-state index contributed by atoms with van der Waals surface area (Å²) in [5, 5.41) is 10.0. The van der Waals surface area contributed by atoms with Crippen molar-refractivity contribution in [2.75, 3.05) is 20.3 Å². The maximum Gasteiger partial charge on any atom is 0.338 e. The fraction of sp³-hybridized carbons (Fsp3) is 0.226. The largest absolute Gasteiger partial charge is 0.493 e. The van der Waals surface area contributed by atoms with Crippen molar-refractivity contribution in [3.8, 4) is 17.2 Å². The summed E-state index contributed by atoms with van der Waals surface area (Å²) in [6.45, 7) is 3.54. The number of benzene rings is 3. The predicted molar refractivity (Wildman–Crippen MR) is 181 cm³/mol. The van der Waals surface area contributed by atoms with Gasteiger partial charge in [0.05, 0.1) is 39.6 Å². The fourth-order valence-electron chi connectivity index (χ4n) is 4.29. The van der Waals surface area contributed by atoms with Crippen LogP contribution in [0.1, 0.15) is 36.6 Å². The predicted octanol–water partition coefficient (Wildman–Crippen LogP) is 6.01. The fourth-order valence-corrected chi connectivity index (χ4v) is 6.18. The Hall–Kier alpha value is -3.82. The molecule has 0 radical (unpaired) electrons. The molecule has 11 nitrogen and oxygen atoms in total. The molecule has 1 aliphatic heterocycles. The number of hydrogen-bond donors (Lipinski definition) is 3. The molecular weight excluding hydrogens is 783 g/mol. The zero-order valence-corrected chi connectivity index (χ0v) is 28.9. The quantitative estimate of drug-likeness (QED) is 0.0882. The molecule has 1 aliphatic rings. The van der Waals surface area contributed by atoms with Gasteiger partial charge in [0, 0.05) is 10.7 Å². The number of esters is 1. The molecular formula is C31H29BrClIN4O7. The summed E-state index contributed by atoms with van der Waals surface area (Å²) in [6, 6.07) is 14.8. The summed E-state index contributed by atoms with van der Waals surface area (Å²) in [5.74, 6) is 0.222. The van der Waals surface area contributed by atoms with Crippen LogP contribution >= 0.6 is 50.1 Å². The molecule has 0 fully saturated rings. The minimum atomic E-state index is -0.773. The third kappa shape index (κ3) is 9.11. The summed E-state index contributed by atoms with van der Waals surface area (Å²) >= 11 is 11.7. The number of carbonyl (C=O) groups excluding carboxylic acids is 3. The van der Waals surface area contributed by atoms with Gasteiger partial charge in [-0.2, -0.15) is 5.10 Å². The average Bonchev–Trinajstić information content (AvgIpc) is 3.00. The van der Waals surface area contributed by atoms with Crippen LogP contribution in [-0.4, -0.2) is 44.4 Å². The van der Waals surface area contributed by atoms with Gasteiger partial charge >= 0.3 is 12.0 Å². The second-order valence-electron chi connectivity index (χ2n) is 9.51. The lowest BCUT2D eigenvalue weighted by atomic mass is 9.95. The highest BCUT2D eigenvalue weighted by Gasteiger charge is 2.32. The van der Waals surface area contributed by atoms with Crippen molar-refractivity contribution in [1.82, 2.24) is 16.1 Å². The Morgan fingerprint density at radius 2 is 1.87 bits per heavy atom. The van der Waals surface area contributed by atoms with Crippen LogP contribution in [-0.2, 0) is 20.9 Å². The Labute approximate surface area is 286 Å². The molecule has 4 rings (SSSR count). The van der Waals surface area contributed by atoms with Crippen molar-refractivity contribution in [2.45, 2.75) is 26.5 Å². The standard InChI is InChI=1S/C31H29BrClIN4O7/c1-4-43-30(40)27-17(2)36-31(41)37-28(27)20-7-10-24(25(13-20)42-3)44-16-26(39)38-35-14-19-11-22(32)29(23(34)12-19)45-15-18-5-8-21(33)9-6-18/h5-14,28H,4,15-16H2,1-3H3,(H,38,39)(H2,36,37,41)/b35-14-/t28-/m1/s1. The van der Waals surface area contributed by atoms with E-state index >= 15 is 0 Å². The summed E-state index contributed by atoms with van der Waals surface area (Å²) < 4.78 is 23.9. The van der Waals surface area contributed by atoms with Crippen LogP contribution in [0.2, 0.25) is 5.02 Å². The highest BCUT2D eigenvalue weighted by Crippen LogP contribution is 2.35. The molecule has 45 heavy (non-hydrogen) atoms. The Bertz CT molecular complexity index is 1630. The van der Waals surface area contributed by atoms with E-state index in [-0.39, 0.29) is 24.5 Å². The topological polar surface area (TPSA) is 137 Å². The van der Waals surface area contributed by atoms with Gasteiger partial charge in [0.1, 0.15) is 12.4 Å². The zero-order valence-electron chi connectivity index (χ0n) is 24.4. The second kappa shape index (κ2) is 16.0. The lowest BCUT2D eigenvalue weighted by molar-refractivity contribution is -0.139. The number of halogens is 3. The Morgan fingerprint density at radius 1 is 1.11 bits per heavy atom. The van der Waals surface area contributed by atoms with Gasteiger partial charge in [-0.05, 0) is 105 Å². The second-order valence-corrected chi connectivity index (χ2v) is 12.0. The Kier molecular flexibility index (Phi) is 12.1. The highest BCUT2D eigenvalue weighted by molar-refractivity contribution is 14.1. The lowest BCUT2D eigenvalue weighted by Gasteiger charge is -2.28. The molecule has 3 aromatic carbocycles. The SMILES string of the molecule is CCOC(=O)C1=C(C)NC(=O)N[C@@H]1c1ccc(OCC(=O)N/N=C\c2cc(Br)c(OCc3ccc(Cl)cc3)c(I)c2)c(OC)c1. The first-order chi connectivity index (χ1) is 21.6. The van der Waals surface area contributed by atoms with Crippen LogP contribution in [0.15, 0.2) is 75.4 Å². The Morgan fingerprint density at radius 3 is 2.56 bits per heavy atom. The molecule has 0 aromatic heterocycles. The molecule has 0 saturated carbocycles. The number of carbonyl (C=O) groups is 3. The maximum absolute atomic E-state index is 12.6. The van der Waals surface area contributed by atoms with Gasteiger partial charge in [0.15, 0.2) is 18.1 Å². The third-order valence-electron chi connectivity index (χ3n) is 6.36. The van der Waals surface area contributed by atoms with Gasteiger partial charge < -0.3 is 29.6 Å². The molecule has 3 N–H and O–H groups in total. The van der Waals surface area contributed by atoms with Gasteiger partial charge in [0.25, 0.3) is 5.91 Å². The van der Waals surface area contributed by atoms with E-state index in [1.807, 2.05) is 36.4 Å². The van der Waals surface area contributed by atoms with E-state index < -0.39 is 23.9 Å². The molecule has 0 unspecified atom stereocenters. The van der Waals surface area contributed by atoms with E-state index in [9.17, 15) is 14.4 Å². The molecule has 0 aliphatic carbocycles. The van der Waals surface area contributed by atoms with Crippen LogP contribution in [0.3, 0.4) is 0 Å². The number of hydrazone groups is 1. The van der Waals surface area contributed by atoms with Crippen molar-refractivity contribution in [1.29, 1.82) is 0 Å². The third-order valence-corrected chi connectivity index (χ3v) is 8.01. The molecule has 14 heteroatoms. The molecule has 0 saturated heterocycles. The van der Waals surface area contributed by atoms with E-state index in [1.165, 1.54) is 13.3 Å². The van der Waals surface area contributed by atoms with E-state index in [1.54, 1.807) is 32.0 Å². The van der Waals surface area contributed by atoms with Gasteiger partial charge in [-0.25, -0.2) is 15.0 Å². The van der Waals surface area contributed by atoms with E-state index in [0.29, 0.717) is 34.4 Å². The van der Waals surface area contributed by atoms with Crippen molar-refractivity contribution >= 4 is 74.2 Å². The molecule has 1 atom stereocenters. The first kappa shape index (κ1) is 34.1. The number of nitrogens with zero attached hydrogens (tertiary/aromatic N) is 1. The van der Waals surface area contributed by atoms with Crippen molar-refractivity contribution in [3.05, 3.63) is 95.6 Å². The van der Waals surface area contributed by atoms with Crippen LogP contribution in [0, 0.1) is 3.57 Å². The molecule has 0 bridgehead atoms. The number of nitrogens with one attached hydrogen (secondary N) is 3. The van der Waals surface area contributed by atoms with E-state index in [0.717, 1.165) is 19.2 Å². The summed E-state index contributed by atoms with van der Waals surface area (Å²) in [5.41, 5.74) is 5.38. The number of hydrogen-bond acceptors (Lipinski definition) is 8. The van der Waals surface area contributed by atoms with Crippen molar-refractivity contribution < 1.29 is 33.3 Å². The number of methoxy groups -OCH3 is 1. The molecule has 0 spiro atoms. The molecule has 236 valence electrons. The minimum absolute atomic E-state index is 0.183. The van der Waals surface area contributed by atoms with Gasteiger partial charge in [-0.3, -0.25) is 4.79 Å². The first-order valence-corrected chi connectivity index (χ1v) is 15.8. The number of allylic oxidation sites excluding steroid dienone is 1. The van der Waals surface area contributed by atoms with Gasteiger partial charge in [-0.1, -0.05) is 29.8 Å². The molecule has 3 amide bonds. The average molecular weight is 812 g/mol. The number of amides is 3. The van der Waals surface area contributed by atoms with Crippen molar-refractivity contribution in [2.24, 2.45) is 5.10 Å². The Balaban J connectivity index is 1.35. The molecule has 3 aromatic rings. The maximum atomic E-state index is 12.6. The lowest BCUT2D eigenvalue weighted by Crippen LogP contribution is -2.45. The van der Waals surface area contributed by atoms with Gasteiger partial charge in [-0.15, -0.1) is 0 Å². The summed E-state index contributed by atoms with van der Waals surface area (Å²) in [6.07, 6.45) is 1.51. The van der Waals surface area contributed by atoms with Gasteiger partial charge in [0.2, 0.25) is 0 Å². The smallest absolute Gasteiger partial charge is 0.338 e. The zero-order chi connectivity index (χ0) is 32.5. The van der Waals surface area contributed by atoms with Crippen LogP contribution in [0.25, 0.3) is 0 Å². The summed E-state index contributed by atoms with van der Waals surface area (Å²) in [7, 11) is 1.44. The number of urea groups is 1. The molecule has 1 heterocycles. The van der Waals surface area contributed by atoms with Crippen molar-refractivity contribution in [3.63, 3.8) is 0 Å². The highest BCUT2D eigenvalue weighted by atomic mass is 127. The summed E-state index contributed by atoms with van der Waals surface area (Å²) in [4.78, 5) is 37.2. The normalized spacial score (nSPS) is 14.4. The van der Waals surface area contributed by atoms with E-state index in [4.69, 9.17) is 30.5 Å². The first-order valence-electron chi connectivity index (χ1n) is 13.5. The minimum Gasteiger partial charge on any atom is -0.493 e. The number of rotatable bonds is 12. The number of ether oxygens (including phenoxy) is 4. The van der Waals surface area contributed by atoms with Crippen LogP contribution < -0.4 is 30.3 Å². The van der Waals surface area contributed by atoms with Crippen LogP contribution in [0.4, 0.5) is 4.79 Å².